The van der Waals surface area contributed by atoms with Crippen LogP contribution in [0.2, 0.25) is 10.0 Å². The van der Waals surface area contributed by atoms with Crippen LogP contribution in [0.25, 0.3) is 0 Å². The number of hydrogen-bond donors (Lipinski definition) is 1. The van der Waals surface area contributed by atoms with Crippen molar-refractivity contribution in [2.24, 2.45) is 5.10 Å². The third kappa shape index (κ3) is 5.70. The molecule has 2 aromatic rings. The van der Waals surface area contributed by atoms with E-state index in [4.69, 9.17) is 23.2 Å². The van der Waals surface area contributed by atoms with Crippen LogP contribution >= 0.6 is 39.1 Å². The molecule has 0 fully saturated rings. The zero-order valence-electron chi connectivity index (χ0n) is 13.5. The molecule has 138 valence electrons. The van der Waals surface area contributed by atoms with Crippen molar-refractivity contribution in [3.8, 4) is 0 Å². The van der Waals surface area contributed by atoms with Crippen molar-refractivity contribution in [2.75, 3.05) is 17.1 Å². The van der Waals surface area contributed by atoms with E-state index >= 15 is 0 Å². The molecule has 0 aliphatic carbocycles. The minimum absolute atomic E-state index is 0.357. The number of hydrogen-bond acceptors (Lipinski definition) is 4. The van der Waals surface area contributed by atoms with Gasteiger partial charge in [-0.15, -0.1) is 0 Å². The predicted octanol–water partition coefficient (Wildman–Crippen LogP) is 3.67. The van der Waals surface area contributed by atoms with Gasteiger partial charge in [-0.05, 0) is 30.3 Å². The quantitative estimate of drug-likeness (QED) is 0.508. The van der Waals surface area contributed by atoms with Crippen molar-refractivity contribution >= 4 is 67.0 Å². The van der Waals surface area contributed by atoms with Gasteiger partial charge in [0.15, 0.2) is 0 Å². The molecule has 0 aliphatic heterocycles. The van der Waals surface area contributed by atoms with Gasteiger partial charge in [0.25, 0.3) is 5.91 Å². The second-order valence-corrected chi connectivity index (χ2v) is 8.81. The van der Waals surface area contributed by atoms with Gasteiger partial charge in [0.05, 0.1) is 28.2 Å². The number of carbonyl (C=O) groups is 1. The summed E-state index contributed by atoms with van der Waals surface area (Å²) in [6.45, 7) is -0.428. The molecule has 0 saturated carbocycles. The normalized spacial score (nSPS) is 11.5. The van der Waals surface area contributed by atoms with E-state index in [0.29, 0.717) is 25.8 Å². The summed E-state index contributed by atoms with van der Waals surface area (Å²) < 4.78 is 25.7. The molecule has 6 nitrogen and oxygen atoms in total. The molecule has 0 aliphatic rings. The van der Waals surface area contributed by atoms with Gasteiger partial charge in [-0.1, -0.05) is 51.3 Å². The molecule has 0 aromatic heterocycles. The number of nitrogens with zero attached hydrogens (tertiary/aromatic N) is 2. The molecule has 0 unspecified atom stereocenters. The Morgan fingerprint density at radius 2 is 1.85 bits per heavy atom. The van der Waals surface area contributed by atoms with Crippen molar-refractivity contribution in [1.82, 2.24) is 5.43 Å². The standard InChI is InChI=1S/C16H14BrCl2N3O3S/c1-26(24,25)22(12-5-2-4-11(17)8-12)10-16(23)21-20-9-13-14(18)6-3-7-15(13)19/h2-9H,10H2,1H3,(H,21,23)/b20-9-. The number of carbonyl (C=O) groups excluding carboxylic acids is 1. The number of anilines is 1. The summed E-state index contributed by atoms with van der Waals surface area (Å²) in [5.74, 6) is -0.616. The van der Waals surface area contributed by atoms with Gasteiger partial charge in [0.2, 0.25) is 10.0 Å². The number of halogens is 3. The second-order valence-electron chi connectivity index (χ2n) is 5.18. The van der Waals surface area contributed by atoms with Crippen LogP contribution in [0.4, 0.5) is 5.69 Å². The fourth-order valence-electron chi connectivity index (χ4n) is 2.00. The smallest absolute Gasteiger partial charge is 0.260 e. The van der Waals surface area contributed by atoms with E-state index in [0.717, 1.165) is 10.6 Å². The van der Waals surface area contributed by atoms with Crippen LogP contribution in [0.15, 0.2) is 52.0 Å². The molecule has 0 atom stereocenters. The maximum atomic E-state index is 12.1. The highest BCUT2D eigenvalue weighted by Gasteiger charge is 2.20. The summed E-state index contributed by atoms with van der Waals surface area (Å²) in [7, 11) is -3.66. The Hall–Kier alpha value is -1.61. The molecule has 2 aromatic carbocycles. The topological polar surface area (TPSA) is 78.8 Å². The third-order valence-corrected chi connectivity index (χ3v) is 5.46. The monoisotopic (exact) mass is 477 g/mol. The molecular weight excluding hydrogens is 465 g/mol. The van der Waals surface area contributed by atoms with Gasteiger partial charge in [0.1, 0.15) is 6.54 Å². The van der Waals surface area contributed by atoms with Crippen LogP contribution in [0.1, 0.15) is 5.56 Å². The van der Waals surface area contributed by atoms with Crippen LogP contribution in [0.3, 0.4) is 0 Å². The average Bonchev–Trinajstić information content (AvgIpc) is 2.54. The average molecular weight is 479 g/mol. The predicted molar refractivity (Wildman–Crippen MR) is 109 cm³/mol. The first-order valence-corrected chi connectivity index (χ1v) is 10.6. The van der Waals surface area contributed by atoms with E-state index in [2.05, 4.69) is 26.5 Å². The highest BCUT2D eigenvalue weighted by atomic mass is 79.9. The van der Waals surface area contributed by atoms with E-state index in [9.17, 15) is 13.2 Å². The van der Waals surface area contributed by atoms with Crippen LogP contribution < -0.4 is 9.73 Å². The fraction of sp³-hybridized carbons (Fsp3) is 0.125. The molecule has 0 heterocycles. The Morgan fingerprint density at radius 3 is 2.42 bits per heavy atom. The number of sulfonamides is 1. The number of amides is 1. The van der Waals surface area contributed by atoms with Crippen LogP contribution in [0, 0.1) is 0 Å². The maximum Gasteiger partial charge on any atom is 0.260 e. The van der Waals surface area contributed by atoms with Crippen LogP contribution in [-0.4, -0.2) is 33.3 Å². The summed E-state index contributed by atoms with van der Waals surface area (Å²) in [6.07, 6.45) is 2.32. The zero-order valence-corrected chi connectivity index (χ0v) is 17.4. The molecule has 0 spiro atoms. The molecule has 0 saturated heterocycles. The number of benzene rings is 2. The Morgan fingerprint density at radius 1 is 1.23 bits per heavy atom. The first-order valence-electron chi connectivity index (χ1n) is 7.17. The molecule has 2 rings (SSSR count). The summed E-state index contributed by atoms with van der Waals surface area (Å²) in [5.41, 5.74) is 3.07. The van der Waals surface area contributed by atoms with E-state index < -0.39 is 22.5 Å². The minimum atomic E-state index is -3.66. The highest BCUT2D eigenvalue weighted by Crippen LogP contribution is 2.23. The molecular formula is C16H14BrCl2N3O3S. The van der Waals surface area contributed by atoms with Gasteiger partial charge < -0.3 is 0 Å². The Labute approximate surface area is 170 Å². The summed E-state index contributed by atoms with van der Waals surface area (Å²) in [4.78, 5) is 12.1. The third-order valence-electron chi connectivity index (χ3n) is 3.17. The lowest BCUT2D eigenvalue weighted by Gasteiger charge is -2.21. The van der Waals surface area contributed by atoms with Gasteiger partial charge in [0, 0.05) is 10.0 Å². The summed E-state index contributed by atoms with van der Waals surface area (Å²) in [5, 5.41) is 4.54. The lowest BCUT2D eigenvalue weighted by molar-refractivity contribution is -0.119. The van der Waals surface area contributed by atoms with E-state index in [1.807, 2.05) is 0 Å². The molecule has 0 bridgehead atoms. The lowest BCUT2D eigenvalue weighted by atomic mass is 10.2. The van der Waals surface area contributed by atoms with E-state index in [-0.39, 0.29) is 0 Å². The molecule has 26 heavy (non-hydrogen) atoms. The zero-order chi connectivity index (χ0) is 19.3. The van der Waals surface area contributed by atoms with Gasteiger partial charge in [-0.25, -0.2) is 13.8 Å². The Kier molecular flexibility index (Phi) is 7.05. The van der Waals surface area contributed by atoms with Crippen molar-refractivity contribution < 1.29 is 13.2 Å². The van der Waals surface area contributed by atoms with Gasteiger partial charge >= 0.3 is 0 Å². The number of nitrogens with one attached hydrogen (secondary N) is 1. The molecule has 1 N–H and O–H groups in total. The minimum Gasteiger partial charge on any atom is -0.271 e. The lowest BCUT2D eigenvalue weighted by Crippen LogP contribution is -2.39. The van der Waals surface area contributed by atoms with Crippen LogP contribution in [-0.2, 0) is 14.8 Å². The van der Waals surface area contributed by atoms with Crippen molar-refractivity contribution in [3.05, 3.63) is 62.5 Å². The summed E-state index contributed by atoms with van der Waals surface area (Å²) in [6, 6.07) is 11.6. The van der Waals surface area contributed by atoms with Crippen molar-refractivity contribution in [3.63, 3.8) is 0 Å². The Bertz CT molecular complexity index is 931. The van der Waals surface area contributed by atoms with E-state index in [1.54, 1.807) is 42.5 Å². The molecule has 1 amide bonds. The van der Waals surface area contributed by atoms with Gasteiger partial charge in [-0.2, -0.15) is 5.10 Å². The van der Waals surface area contributed by atoms with Crippen molar-refractivity contribution in [1.29, 1.82) is 0 Å². The molecule has 10 heteroatoms. The first-order chi connectivity index (χ1) is 12.2. The van der Waals surface area contributed by atoms with E-state index in [1.165, 1.54) is 6.21 Å². The highest BCUT2D eigenvalue weighted by molar-refractivity contribution is 9.10. The SMILES string of the molecule is CS(=O)(=O)N(CC(=O)N/N=C\c1c(Cl)cccc1Cl)c1cccc(Br)c1. The van der Waals surface area contributed by atoms with Crippen LogP contribution in [0.5, 0.6) is 0 Å². The van der Waals surface area contributed by atoms with Gasteiger partial charge in [-0.3, -0.25) is 9.10 Å². The molecule has 0 radical (unpaired) electrons. The van der Waals surface area contributed by atoms with Crippen molar-refractivity contribution in [2.45, 2.75) is 0 Å². The fourth-order valence-corrected chi connectivity index (χ4v) is 3.73. The Balaban J connectivity index is 2.12. The summed E-state index contributed by atoms with van der Waals surface area (Å²) >= 11 is 15.3. The number of hydrazone groups is 1. The largest absolute Gasteiger partial charge is 0.271 e. The maximum absolute atomic E-state index is 12.1. The first kappa shape index (κ1) is 20.7. The second kappa shape index (κ2) is 8.85. The number of rotatable bonds is 6.